The molecule has 104 valence electrons. The molecule has 1 aliphatic carbocycles. The summed E-state index contributed by atoms with van der Waals surface area (Å²) in [5.41, 5.74) is -0.458. The van der Waals surface area contributed by atoms with Gasteiger partial charge in [0.2, 0.25) is 0 Å². The summed E-state index contributed by atoms with van der Waals surface area (Å²) in [6, 6.07) is 18.3. The van der Waals surface area contributed by atoms with Gasteiger partial charge in [-0.25, -0.2) is 0 Å². The molecule has 0 aliphatic heterocycles. The maximum atomic E-state index is 11.3. The molecule has 21 heavy (non-hydrogen) atoms. The molecule has 1 fully saturated rings. The Morgan fingerprint density at radius 1 is 1.10 bits per heavy atom. The molecular weight excluding hydrogens is 280 g/mol. The van der Waals surface area contributed by atoms with Gasteiger partial charge in [0.25, 0.3) is 0 Å². The molecule has 1 aromatic heterocycles. The van der Waals surface area contributed by atoms with Gasteiger partial charge in [0, 0.05) is 16.7 Å². The molecule has 3 aromatic rings. The van der Waals surface area contributed by atoms with Crippen LogP contribution in [0.1, 0.15) is 11.3 Å². The van der Waals surface area contributed by atoms with Crippen LogP contribution in [0.3, 0.4) is 0 Å². The fraction of sp³-hybridized carbons (Fsp3) is 0.167. The largest absolute Gasteiger partial charge is 0.480 e. The van der Waals surface area contributed by atoms with E-state index in [0.29, 0.717) is 0 Å². The van der Waals surface area contributed by atoms with E-state index in [-0.39, 0.29) is 5.92 Å². The Hall–Kier alpha value is -2.13. The summed E-state index contributed by atoms with van der Waals surface area (Å²) in [6.07, 6.45) is 1.78. The van der Waals surface area contributed by atoms with Gasteiger partial charge in [-0.2, -0.15) is 0 Å². The van der Waals surface area contributed by atoms with Gasteiger partial charge >= 0.3 is 0 Å². The molecule has 1 saturated carbocycles. The van der Waals surface area contributed by atoms with Crippen LogP contribution in [0, 0.1) is 5.92 Å². The zero-order valence-corrected chi connectivity index (χ0v) is 12.2. The molecule has 2 atom stereocenters. The van der Waals surface area contributed by atoms with Crippen molar-refractivity contribution in [2.75, 3.05) is 0 Å². The van der Waals surface area contributed by atoms with Crippen molar-refractivity contribution in [3.63, 3.8) is 0 Å². The van der Waals surface area contributed by atoms with Gasteiger partial charge in [0.05, 0.1) is 5.92 Å². The van der Waals surface area contributed by atoms with E-state index < -0.39 is 5.60 Å². The first-order valence-electron chi connectivity index (χ1n) is 6.99. The van der Waals surface area contributed by atoms with Crippen molar-refractivity contribution in [2.45, 2.75) is 12.0 Å². The summed E-state index contributed by atoms with van der Waals surface area (Å²) in [6.45, 7) is 0. The molecule has 0 unspecified atom stereocenters. The van der Waals surface area contributed by atoms with Crippen LogP contribution in [0.4, 0.5) is 0 Å². The highest BCUT2D eigenvalue weighted by Crippen LogP contribution is 2.55. The van der Waals surface area contributed by atoms with Crippen molar-refractivity contribution in [2.24, 2.45) is 5.92 Å². The van der Waals surface area contributed by atoms with E-state index in [1.807, 2.05) is 35.7 Å². The number of aldehydes is 1. The average molecular weight is 294 g/mol. The van der Waals surface area contributed by atoms with E-state index in [4.69, 9.17) is 4.74 Å². The van der Waals surface area contributed by atoms with Crippen molar-refractivity contribution >= 4 is 28.4 Å². The lowest BCUT2D eigenvalue weighted by Gasteiger charge is -2.19. The second-order valence-corrected chi connectivity index (χ2v) is 6.34. The molecule has 1 aliphatic rings. The van der Waals surface area contributed by atoms with Crippen LogP contribution in [-0.2, 0) is 10.4 Å². The van der Waals surface area contributed by atoms with Crippen LogP contribution < -0.4 is 4.74 Å². The lowest BCUT2D eigenvalue weighted by Crippen LogP contribution is -2.18. The quantitative estimate of drug-likeness (QED) is 0.667. The van der Waals surface area contributed by atoms with E-state index >= 15 is 0 Å². The Kier molecular flexibility index (Phi) is 2.82. The summed E-state index contributed by atoms with van der Waals surface area (Å²) < 4.78 is 6.35. The van der Waals surface area contributed by atoms with Crippen LogP contribution >= 0.6 is 11.3 Å². The van der Waals surface area contributed by atoms with Gasteiger partial charge < -0.3 is 9.53 Å². The summed E-state index contributed by atoms with van der Waals surface area (Å²) in [5.74, 6) is 0.806. The van der Waals surface area contributed by atoms with E-state index in [1.54, 1.807) is 11.3 Å². The van der Waals surface area contributed by atoms with E-state index in [9.17, 15) is 4.79 Å². The molecule has 0 saturated heterocycles. The predicted octanol–water partition coefficient (Wildman–Crippen LogP) is 4.39. The molecule has 2 aromatic carbocycles. The average Bonchev–Trinajstić information content (AvgIpc) is 2.97. The van der Waals surface area contributed by atoms with Crippen molar-refractivity contribution in [3.8, 4) is 5.75 Å². The second kappa shape index (κ2) is 4.71. The maximum Gasteiger partial charge on any atom is 0.153 e. The molecule has 0 spiro atoms. The SMILES string of the molecule is O=C[C@@H]1C[C@]1(Oc1cccc2ccccc12)c1cccs1. The topological polar surface area (TPSA) is 26.3 Å². The van der Waals surface area contributed by atoms with Crippen LogP contribution in [0.15, 0.2) is 60.0 Å². The van der Waals surface area contributed by atoms with Gasteiger partial charge in [0.15, 0.2) is 5.60 Å². The lowest BCUT2D eigenvalue weighted by atomic mass is 10.1. The van der Waals surface area contributed by atoms with Gasteiger partial charge in [0.1, 0.15) is 12.0 Å². The van der Waals surface area contributed by atoms with Crippen molar-refractivity contribution in [1.82, 2.24) is 0 Å². The Bertz CT molecular complexity index is 789. The molecule has 0 N–H and O–H groups in total. The first-order chi connectivity index (χ1) is 10.3. The Balaban J connectivity index is 1.78. The van der Waals surface area contributed by atoms with E-state index in [1.165, 1.54) is 0 Å². The zero-order chi connectivity index (χ0) is 14.3. The second-order valence-electron chi connectivity index (χ2n) is 5.39. The van der Waals surface area contributed by atoms with E-state index in [2.05, 4.69) is 24.3 Å². The van der Waals surface area contributed by atoms with Crippen LogP contribution in [0.5, 0.6) is 5.75 Å². The Labute approximate surface area is 127 Å². The summed E-state index contributed by atoms with van der Waals surface area (Å²) in [7, 11) is 0. The molecule has 0 radical (unpaired) electrons. The van der Waals surface area contributed by atoms with Crippen LogP contribution in [0.25, 0.3) is 10.8 Å². The van der Waals surface area contributed by atoms with Crippen LogP contribution in [-0.4, -0.2) is 6.29 Å². The maximum absolute atomic E-state index is 11.3. The molecule has 0 bridgehead atoms. The number of rotatable bonds is 4. The summed E-state index contributed by atoms with van der Waals surface area (Å²) >= 11 is 1.65. The Morgan fingerprint density at radius 2 is 1.95 bits per heavy atom. The smallest absolute Gasteiger partial charge is 0.153 e. The first-order valence-corrected chi connectivity index (χ1v) is 7.87. The molecule has 2 nitrogen and oxygen atoms in total. The van der Waals surface area contributed by atoms with E-state index in [0.717, 1.165) is 34.1 Å². The number of carbonyl (C=O) groups is 1. The highest BCUT2D eigenvalue weighted by atomic mass is 32.1. The monoisotopic (exact) mass is 294 g/mol. The molecular formula is C18H14O2S. The van der Waals surface area contributed by atoms with Crippen molar-refractivity contribution in [1.29, 1.82) is 0 Å². The van der Waals surface area contributed by atoms with Gasteiger partial charge in [-0.3, -0.25) is 0 Å². The highest BCUT2D eigenvalue weighted by Gasteiger charge is 2.59. The minimum absolute atomic E-state index is 0.0462. The van der Waals surface area contributed by atoms with Gasteiger partial charge in [-0.1, -0.05) is 42.5 Å². The lowest BCUT2D eigenvalue weighted by molar-refractivity contribution is -0.110. The molecule has 1 heterocycles. The number of benzene rings is 2. The summed E-state index contributed by atoms with van der Waals surface area (Å²) in [5, 5.41) is 4.27. The fourth-order valence-electron chi connectivity index (χ4n) is 2.88. The zero-order valence-electron chi connectivity index (χ0n) is 11.4. The highest BCUT2D eigenvalue weighted by molar-refractivity contribution is 7.10. The molecule has 4 rings (SSSR count). The standard InChI is InChI=1S/C18H14O2S/c19-12-14-11-18(14,17-9-4-10-21-17)20-16-8-3-6-13-5-1-2-7-15(13)16/h1-10,12,14H,11H2/t14-,18+/m0/s1. The van der Waals surface area contributed by atoms with Crippen molar-refractivity contribution in [3.05, 3.63) is 64.9 Å². The molecule has 0 amide bonds. The van der Waals surface area contributed by atoms with Crippen LogP contribution in [0.2, 0.25) is 0 Å². The fourth-order valence-corrected chi connectivity index (χ4v) is 3.81. The molecule has 3 heteroatoms. The normalized spacial score (nSPS) is 23.9. The third kappa shape index (κ3) is 1.96. The number of carbonyl (C=O) groups excluding carboxylic acids is 1. The third-order valence-corrected chi connectivity index (χ3v) is 5.13. The minimum Gasteiger partial charge on any atom is -0.480 e. The van der Waals surface area contributed by atoms with Crippen molar-refractivity contribution < 1.29 is 9.53 Å². The predicted molar refractivity (Wildman–Crippen MR) is 84.7 cm³/mol. The number of fused-ring (bicyclic) bond motifs is 1. The third-order valence-electron chi connectivity index (χ3n) is 4.11. The Morgan fingerprint density at radius 3 is 2.71 bits per heavy atom. The minimum atomic E-state index is -0.458. The van der Waals surface area contributed by atoms with Gasteiger partial charge in [-0.15, -0.1) is 11.3 Å². The summed E-state index contributed by atoms with van der Waals surface area (Å²) in [4.78, 5) is 12.4. The number of hydrogen-bond acceptors (Lipinski definition) is 3. The number of thiophene rings is 1. The number of ether oxygens (including phenoxy) is 1. The van der Waals surface area contributed by atoms with Gasteiger partial charge in [-0.05, 0) is 22.9 Å². The first kappa shape index (κ1) is 12.6. The number of hydrogen-bond donors (Lipinski definition) is 0.